The SMILES string of the molecule is C/C=C/C(=O)Nc1cccc(-c2ccc(C(N)=O)c3c2-c2ccc(C(C)(C)O)cc2C3)c1C. The number of amides is 2. The molecule has 0 aromatic heterocycles. The maximum atomic E-state index is 12.2. The lowest BCUT2D eigenvalue weighted by atomic mass is 9.88. The van der Waals surface area contributed by atoms with Gasteiger partial charge >= 0.3 is 0 Å². The van der Waals surface area contributed by atoms with E-state index >= 15 is 0 Å². The number of anilines is 1. The Morgan fingerprint density at radius 3 is 2.45 bits per heavy atom. The number of hydrogen-bond donors (Lipinski definition) is 3. The van der Waals surface area contributed by atoms with Crippen molar-refractivity contribution in [2.45, 2.75) is 39.7 Å². The molecule has 168 valence electrons. The van der Waals surface area contributed by atoms with Gasteiger partial charge in [-0.3, -0.25) is 9.59 Å². The minimum atomic E-state index is -0.963. The molecule has 0 unspecified atom stereocenters. The van der Waals surface area contributed by atoms with Crippen molar-refractivity contribution in [1.29, 1.82) is 0 Å². The first-order valence-corrected chi connectivity index (χ1v) is 11.0. The van der Waals surface area contributed by atoms with E-state index in [2.05, 4.69) is 5.32 Å². The van der Waals surface area contributed by atoms with Crippen molar-refractivity contribution in [3.05, 3.63) is 88.5 Å². The first-order valence-electron chi connectivity index (χ1n) is 11.0. The Morgan fingerprint density at radius 1 is 1.06 bits per heavy atom. The summed E-state index contributed by atoms with van der Waals surface area (Å²) in [5.41, 5.74) is 13.6. The van der Waals surface area contributed by atoms with Gasteiger partial charge in [-0.05, 0) is 96.8 Å². The summed E-state index contributed by atoms with van der Waals surface area (Å²) >= 11 is 0. The third kappa shape index (κ3) is 4.08. The van der Waals surface area contributed by atoms with Gasteiger partial charge in [0.15, 0.2) is 0 Å². The Hall–Kier alpha value is -3.70. The van der Waals surface area contributed by atoms with Gasteiger partial charge in [-0.15, -0.1) is 0 Å². The Morgan fingerprint density at radius 2 is 1.79 bits per heavy atom. The molecule has 4 N–H and O–H groups in total. The van der Waals surface area contributed by atoms with Crippen LogP contribution in [-0.2, 0) is 16.8 Å². The number of allylic oxidation sites excluding steroid dienone is 1. The van der Waals surface area contributed by atoms with Crippen molar-refractivity contribution < 1.29 is 14.7 Å². The molecule has 33 heavy (non-hydrogen) atoms. The third-order valence-electron chi connectivity index (χ3n) is 6.23. The molecule has 0 aliphatic heterocycles. The summed E-state index contributed by atoms with van der Waals surface area (Å²) in [6, 6.07) is 15.5. The zero-order chi connectivity index (χ0) is 23.9. The van der Waals surface area contributed by atoms with Gasteiger partial charge in [-0.2, -0.15) is 0 Å². The van der Waals surface area contributed by atoms with Crippen molar-refractivity contribution in [3.63, 3.8) is 0 Å². The predicted molar refractivity (Wildman–Crippen MR) is 132 cm³/mol. The minimum Gasteiger partial charge on any atom is -0.386 e. The summed E-state index contributed by atoms with van der Waals surface area (Å²) in [5, 5.41) is 13.4. The van der Waals surface area contributed by atoms with Crippen LogP contribution in [0.4, 0.5) is 5.69 Å². The van der Waals surface area contributed by atoms with Gasteiger partial charge in [0.25, 0.3) is 0 Å². The Bertz CT molecular complexity index is 1310. The molecule has 4 rings (SSSR count). The number of rotatable bonds is 5. The topological polar surface area (TPSA) is 92.4 Å². The first-order chi connectivity index (χ1) is 15.6. The van der Waals surface area contributed by atoms with E-state index in [9.17, 15) is 14.7 Å². The summed E-state index contributed by atoms with van der Waals surface area (Å²) in [6.07, 6.45) is 3.75. The number of nitrogens with one attached hydrogen (secondary N) is 1. The van der Waals surface area contributed by atoms with Gasteiger partial charge in [-0.25, -0.2) is 0 Å². The molecule has 1 aliphatic rings. The van der Waals surface area contributed by atoms with Crippen LogP contribution < -0.4 is 11.1 Å². The van der Waals surface area contributed by atoms with Crippen LogP contribution in [0, 0.1) is 6.92 Å². The van der Waals surface area contributed by atoms with Crippen LogP contribution in [0.15, 0.2) is 60.7 Å². The van der Waals surface area contributed by atoms with Crippen LogP contribution >= 0.6 is 0 Å². The number of carbonyl (C=O) groups excluding carboxylic acids is 2. The van der Waals surface area contributed by atoms with Crippen molar-refractivity contribution in [1.82, 2.24) is 0 Å². The van der Waals surface area contributed by atoms with E-state index in [-0.39, 0.29) is 5.91 Å². The van der Waals surface area contributed by atoms with Gasteiger partial charge in [0.2, 0.25) is 11.8 Å². The molecule has 3 aromatic carbocycles. The van der Waals surface area contributed by atoms with Crippen molar-refractivity contribution >= 4 is 17.5 Å². The third-order valence-corrected chi connectivity index (χ3v) is 6.23. The molecule has 0 heterocycles. The Kier molecular flexibility index (Phi) is 5.68. The molecule has 0 atom stereocenters. The number of carbonyl (C=O) groups is 2. The lowest BCUT2D eigenvalue weighted by Gasteiger charge is -2.19. The van der Waals surface area contributed by atoms with Crippen molar-refractivity contribution in [2.75, 3.05) is 5.32 Å². The molecule has 5 heteroatoms. The molecule has 0 saturated heterocycles. The van der Waals surface area contributed by atoms with E-state index in [0.29, 0.717) is 12.0 Å². The van der Waals surface area contributed by atoms with Crippen molar-refractivity contribution in [2.24, 2.45) is 5.73 Å². The minimum absolute atomic E-state index is 0.184. The average molecular weight is 441 g/mol. The summed E-state index contributed by atoms with van der Waals surface area (Å²) in [5.74, 6) is -0.644. The van der Waals surface area contributed by atoms with E-state index in [1.54, 1.807) is 32.9 Å². The van der Waals surface area contributed by atoms with Gasteiger partial charge in [0.1, 0.15) is 0 Å². The zero-order valence-corrected chi connectivity index (χ0v) is 19.3. The van der Waals surface area contributed by atoms with Gasteiger partial charge in [0.05, 0.1) is 5.60 Å². The molecule has 5 nitrogen and oxygen atoms in total. The normalized spacial score (nSPS) is 12.5. The summed E-state index contributed by atoms with van der Waals surface area (Å²) in [7, 11) is 0. The standard InChI is InChI=1S/C28H28N2O3/c1-5-7-25(31)30-24-9-6-8-19(16(24)2)21-12-13-22(27(29)32)23-15-17-14-18(28(3,4)33)10-11-20(17)26(21)23/h5-14,33H,15H2,1-4H3,(H2,29,32)(H,30,31)/b7-5+. The highest BCUT2D eigenvalue weighted by atomic mass is 16.3. The quantitative estimate of drug-likeness (QED) is 0.378. The number of nitrogens with two attached hydrogens (primary N) is 1. The predicted octanol–water partition coefficient (Wildman–Crippen LogP) is 5.07. The number of fused-ring (bicyclic) bond motifs is 3. The smallest absolute Gasteiger partial charge is 0.249 e. The Labute approximate surface area is 194 Å². The Balaban J connectivity index is 1.91. The second-order valence-electron chi connectivity index (χ2n) is 8.95. The van der Waals surface area contributed by atoms with Crippen LogP contribution in [0.1, 0.15) is 53.4 Å². The number of primary amides is 1. The average Bonchev–Trinajstić information content (AvgIpc) is 3.13. The lowest BCUT2D eigenvalue weighted by molar-refractivity contribution is -0.111. The molecule has 0 radical (unpaired) electrons. The highest BCUT2D eigenvalue weighted by Crippen LogP contribution is 2.46. The van der Waals surface area contributed by atoms with Crippen LogP contribution in [0.5, 0.6) is 0 Å². The molecule has 0 bridgehead atoms. The largest absolute Gasteiger partial charge is 0.386 e. The maximum Gasteiger partial charge on any atom is 0.249 e. The van der Waals surface area contributed by atoms with Gasteiger partial charge in [0, 0.05) is 11.3 Å². The van der Waals surface area contributed by atoms with Gasteiger partial charge < -0.3 is 16.2 Å². The monoisotopic (exact) mass is 440 g/mol. The highest BCUT2D eigenvalue weighted by Gasteiger charge is 2.29. The number of aliphatic hydroxyl groups is 1. The van der Waals surface area contributed by atoms with Crippen LogP contribution in [0.3, 0.4) is 0 Å². The van der Waals surface area contributed by atoms with Crippen LogP contribution in [0.2, 0.25) is 0 Å². The molecule has 0 spiro atoms. The maximum absolute atomic E-state index is 12.2. The summed E-state index contributed by atoms with van der Waals surface area (Å²) in [6.45, 7) is 7.29. The molecular weight excluding hydrogens is 412 g/mol. The summed E-state index contributed by atoms with van der Waals surface area (Å²) < 4.78 is 0. The fourth-order valence-corrected chi connectivity index (χ4v) is 4.54. The lowest BCUT2D eigenvalue weighted by Crippen LogP contribution is -2.15. The molecule has 1 aliphatic carbocycles. The molecule has 2 amide bonds. The number of benzene rings is 3. The van der Waals surface area contributed by atoms with E-state index in [1.807, 2.05) is 49.4 Å². The molecule has 0 saturated carbocycles. The van der Waals surface area contributed by atoms with Crippen LogP contribution in [-0.4, -0.2) is 16.9 Å². The van der Waals surface area contributed by atoms with Gasteiger partial charge in [-0.1, -0.05) is 42.5 Å². The fourth-order valence-electron chi connectivity index (χ4n) is 4.54. The highest BCUT2D eigenvalue weighted by molar-refractivity contribution is 6.03. The molecule has 0 fully saturated rings. The second kappa shape index (κ2) is 8.34. The second-order valence-corrected chi connectivity index (χ2v) is 8.95. The fraction of sp³-hybridized carbons (Fsp3) is 0.214. The van der Waals surface area contributed by atoms with Crippen LogP contribution in [0.25, 0.3) is 22.3 Å². The molecule has 3 aromatic rings. The van der Waals surface area contributed by atoms with E-state index in [4.69, 9.17) is 5.73 Å². The number of hydrogen-bond acceptors (Lipinski definition) is 3. The zero-order valence-electron chi connectivity index (χ0n) is 19.3. The first kappa shape index (κ1) is 22.5. The van der Waals surface area contributed by atoms with E-state index < -0.39 is 11.5 Å². The van der Waals surface area contributed by atoms with E-state index in [1.165, 1.54) is 6.08 Å². The summed E-state index contributed by atoms with van der Waals surface area (Å²) in [4.78, 5) is 24.3. The van der Waals surface area contributed by atoms with Crippen molar-refractivity contribution in [3.8, 4) is 22.3 Å². The van der Waals surface area contributed by atoms with E-state index in [0.717, 1.165) is 50.2 Å². The molecular formula is C28H28N2O3.